The van der Waals surface area contributed by atoms with Gasteiger partial charge >= 0.3 is 6.09 Å². The molecule has 0 aliphatic carbocycles. The first kappa shape index (κ1) is 20.9. The lowest BCUT2D eigenvalue weighted by Crippen LogP contribution is -2.31. The third-order valence-corrected chi connectivity index (χ3v) is 7.02. The van der Waals surface area contributed by atoms with Crippen molar-refractivity contribution in [3.05, 3.63) is 88.9 Å². The van der Waals surface area contributed by atoms with Crippen molar-refractivity contribution in [3.8, 4) is 5.75 Å². The van der Waals surface area contributed by atoms with Gasteiger partial charge < -0.3 is 9.64 Å². The van der Waals surface area contributed by atoms with Gasteiger partial charge in [0.15, 0.2) is 0 Å². The number of carbonyl (C=O) groups excluding carboxylic acids is 1. The molecule has 0 unspecified atom stereocenters. The summed E-state index contributed by atoms with van der Waals surface area (Å²) in [6, 6.07) is 23.5. The van der Waals surface area contributed by atoms with E-state index in [9.17, 15) is 4.79 Å². The Morgan fingerprint density at radius 2 is 1.80 bits per heavy atom. The molecule has 1 aliphatic heterocycles. The summed E-state index contributed by atoms with van der Waals surface area (Å²) in [5.41, 5.74) is 2.32. The fourth-order valence-electron chi connectivity index (χ4n) is 2.98. The minimum absolute atomic E-state index is 0.360. The Labute approximate surface area is 190 Å². The Morgan fingerprint density at radius 3 is 2.63 bits per heavy atom. The fourth-order valence-corrected chi connectivity index (χ4v) is 5.38. The molecular formula is C24H20ClNO2S2. The van der Waals surface area contributed by atoms with Crippen molar-refractivity contribution in [1.29, 1.82) is 0 Å². The van der Waals surface area contributed by atoms with E-state index in [1.807, 2.05) is 30.3 Å². The molecule has 3 nitrogen and oxygen atoms in total. The largest absolute Gasteiger partial charge is 0.414 e. The maximum absolute atomic E-state index is 12.3. The van der Waals surface area contributed by atoms with E-state index in [4.69, 9.17) is 16.3 Å². The quantitative estimate of drug-likeness (QED) is 0.409. The molecule has 30 heavy (non-hydrogen) atoms. The number of rotatable bonds is 5. The number of carbonyl (C=O) groups is 1. The second kappa shape index (κ2) is 9.65. The number of hydrogen-bond acceptors (Lipinski definition) is 4. The van der Waals surface area contributed by atoms with Crippen LogP contribution in [-0.4, -0.2) is 30.3 Å². The molecule has 3 aromatic carbocycles. The SMILES string of the molecule is CN(CCSC1=Cc2ccccc2Sc2ccc(Cl)cc21)C(=O)Oc1ccccc1. The van der Waals surface area contributed by atoms with Crippen LogP contribution in [0.1, 0.15) is 11.1 Å². The number of benzene rings is 3. The van der Waals surface area contributed by atoms with Crippen molar-refractivity contribution < 1.29 is 9.53 Å². The van der Waals surface area contributed by atoms with Gasteiger partial charge in [0.2, 0.25) is 0 Å². The summed E-state index contributed by atoms with van der Waals surface area (Å²) < 4.78 is 5.40. The van der Waals surface area contributed by atoms with Crippen LogP contribution in [0, 0.1) is 0 Å². The van der Waals surface area contributed by atoms with Gasteiger partial charge in [-0.15, -0.1) is 11.8 Å². The summed E-state index contributed by atoms with van der Waals surface area (Å²) in [7, 11) is 1.75. The van der Waals surface area contributed by atoms with Crippen LogP contribution >= 0.6 is 35.1 Å². The molecule has 0 atom stereocenters. The summed E-state index contributed by atoms with van der Waals surface area (Å²) in [6.07, 6.45) is 1.85. The molecule has 0 fully saturated rings. The van der Waals surface area contributed by atoms with E-state index in [2.05, 4.69) is 36.4 Å². The van der Waals surface area contributed by atoms with Gasteiger partial charge in [-0.25, -0.2) is 4.79 Å². The second-order valence-electron chi connectivity index (χ2n) is 6.74. The lowest BCUT2D eigenvalue weighted by Gasteiger charge is -2.17. The van der Waals surface area contributed by atoms with E-state index in [1.54, 1.807) is 47.6 Å². The summed E-state index contributed by atoms with van der Waals surface area (Å²) in [4.78, 5) is 17.5. The van der Waals surface area contributed by atoms with Crippen molar-refractivity contribution in [2.75, 3.05) is 19.3 Å². The molecule has 152 valence electrons. The maximum Gasteiger partial charge on any atom is 0.414 e. The van der Waals surface area contributed by atoms with Crippen molar-refractivity contribution in [3.63, 3.8) is 0 Å². The number of amides is 1. The molecule has 1 aliphatic rings. The minimum Gasteiger partial charge on any atom is -0.410 e. The van der Waals surface area contributed by atoms with Crippen molar-refractivity contribution in [2.24, 2.45) is 0 Å². The zero-order valence-corrected chi connectivity index (χ0v) is 18.8. The molecule has 1 amide bonds. The average molecular weight is 454 g/mol. The Balaban J connectivity index is 1.46. The molecular weight excluding hydrogens is 434 g/mol. The molecule has 0 radical (unpaired) electrons. The van der Waals surface area contributed by atoms with Gasteiger partial charge in [0, 0.05) is 44.6 Å². The number of nitrogens with zero attached hydrogens (tertiary/aromatic N) is 1. The van der Waals surface area contributed by atoms with Gasteiger partial charge in [-0.2, -0.15) is 0 Å². The zero-order chi connectivity index (χ0) is 20.9. The van der Waals surface area contributed by atoms with Crippen LogP contribution in [0.25, 0.3) is 11.0 Å². The third-order valence-electron chi connectivity index (χ3n) is 4.58. The standard InChI is InChI=1S/C24H20ClNO2S2/c1-26(24(27)28-19-8-3-2-4-9-19)13-14-29-23-15-17-7-5-6-10-21(17)30-22-12-11-18(25)16-20(22)23/h2-12,15-16H,13-14H2,1H3. The minimum atomic E-state index is -0.360. The van der Waals surface area contributed by atoms with E-state index in [0.29, 0.717) is 12.3 Å². The summed E-state index contributed by atoms with van der Waals surface area (Å²) in [5, 5.41) is 0.718. The summed E-state index contributed by atoms with van der Waals surface area (Å²) in [5.74, 6) is 1.29. The molecule has 1 heterocycles. The van der Waals surface area contributed by atoms with E-state index >= 15 is 0 Å². The normalized spacial score (nSPS) is 12.3. The fraction of sp³-hybridized carbons (Fsp3) is 0.125. The Bertz CT molecular complexity index is 1090. The highest BCUT2D eigenvalue weighted by Crippen LogP contribution is 2.44. The van der Waals surface area contributed by atoms with Gasteiger partial charge in [-0.05, 0) is 48.0 Å². The highest BCUT2D eigenvalue weighted by Gasteiger charge is 2.18. The molecule has 0 spiro atoms. The molecule has 0 aromatic heterocycles. The Kier molecular flexibility index (Phi) is 6.72. The molecule has 0 bridgehead atoms. The van der Waals surface area contributed by atoms with Crippen LogP contribution in [0.3, 0.4) is 0 Å². The van der Waals surface area contributed by atoms with Crippen LogP contribution in [0.2, 0.25) is 5.02 Å². The van der Waals surface area contributed by atoms with Crippen molar-refractivity contribution in [2.45, 2.75) is 9.79 Å². The van der Waals surface area contributed by atoms with E-state index in [-0.39, 0.29) is 6.09 Å². The first-order chi connectivity index (χ1) is 14.6. The van der Waals surface area contributed by atoms with Gasteiger partial charge in [0.25, 0.3) is 0 Å². The number of para-hydroxylation sites is 1. The molecule has 0 saturated heterocycles. The average Bonchev–Trinajstić information content (AvgIpc) is 2.91. The highest BCUT2D eigenvalue weighted by atomic mass is 35.5. The van der Waals surface area contributed by atoms with Crippen molar-refractivity contribution >= 4 is 52.2 Å². The smallest absolute Gasteiger partial charge is 0.410 e. The van der Waals surface area contributed by atoms with Crippen LogP contribution in [0.4, 0.5) is 4.79 Å². The maximum atomic E-state index is 12.3. The number of ether oxygens (including phenoxy) is 1. The lowest BCUT2D eigenvalue weighted by atomic mass is 10.1. The predicted molar refractivity (Wildman–Crippen MR) is 127 cm³/mol. The number of halogens is 1. The molecule has 0 N–H and O–H groups in total. The molecule has 3 aromatic rings. The summed E-state index contributed by atoms with van der Waals surface area (Å²) >= 11 is 9.76. The van der Waals surface area contributed by atoms with Crippen molar-refractivity contribution in [1.82, 2.24) is 4.90 Å². The predicted octanol–water partition coefficient (Wildman–Crippen LogP) is 7.17. The van der Waals surface area contributed by atoms with Gasteiger partial charge in [0.1, 0.15) is 5.75 Å². The van der Waals surface area contributed by atoms with Crippen LogP contribution < -0.4 is 4.74 Å². The second-order valence-corrected chi connectivity index (χ2v) is 9.40. The summed E-state index contributed by atoms with van der Waals surface area (Å²) in [6.45, 7) is 0.568. The molecule has 0 saturated carbocycles. The Morgan fingerprint density at radius 1 is 1.03 bits per heavy atom. The zero-order valence-electron chi connectivity index (χ0n) is 16.4. The van der Waals surface area contributed by atoms with E-state index in [0.717, 1.165) is 21.2 Å². The monoisotopic (exact) mass is 453 g/mol. The molecule has 4 rings (SSSR count). The number of hydrogen-bond donors (Lipinski definition) is 0. The first-order valence-corrected chi connectivity index (χ1v) is 11.7. The topological polar surface area (TPSA) is 29.5 Å². The van der Waals surface area contributed by atoms with E-state index in [1.165, 1.54) is 15.4 Å². The third kappa shape index (κ3) is 5.04. The molecule has 6 heteroatoms. The van der Waals surface area contributed by atoms with Gasteiger partial charge in [0.05, 0.1) is 0 Å². The van der Waals surface area contributed by atoms with Crippen LogP contribution in [0.15, 0.2) is 82.6 Å². The van der Waals surface area contributed by atoms with E-state index < -0.39 is 0 Å². The Hall–Kier alpha value is -2.34. The number of fused-ring (bicyclic) bond motifs is 2. The first-order valence-electron chi connectivity index (χ1n) is 9.49. The van der Waals surface area contributed by atoms with Crippen LogP contribution in [0.5, 0.6) is 5.75 Å². The highest BCUT2D eigenvalue weighted by molar-refractivity contribution is 8.08. The van der Waals surface area contributed by atoms with Crippen LogP contribution in [-0.2, 0) is 0 Å². The lowest BCUT2D eigenvalue weighted by molar-refractivity contribution is 0.165. The number of thioether (sulfide) groups is 1. The van der Waals surface area contributed by atoms with Gasteiger partial charge in [-0.1, -0.05) is 59.8 Å². The van der Waals surface area contributed by atoms with Gasteiger partial charge in [-0.3, -0.25) is 0 Å².